The number of piperidine rings is 1. The molecule has 3 N–H and O–H groups in total. The number of nitrogens with zero attached hydrogens (tertiary/aromatic N) is 1. The topological polar surface area (TPSA) is 67.6 Å². The molecular formula is C17H24F3N3O2. The maximum atomic E-state index is 13.1. The van der Waals surface area contributed by atoms with Crippen molar-refractivity contribution in [2.24, 2.45) is 0 Å². The summed E-state index contributed by atoms with van der Waals surface area (Å²) in [4.78, 5) is 13.6. The third-order valence-corrected chi connectivity index (χ3v) is 3.90. The molecule has 8 heteroatoms. The van der Waals surface area contributed by atoms with Crippen LogP contribution in [0.15, 0.2) is 18.2 Å². The van der Waals surface area contributed by atoms with Crippen molar-refractivity contribution in [3.63, 3.8) is 0 Å². The van der Waals surface area contributed by atoms with E-state index in [-0.39, 0.29) is 17.4 Å². The summed E-state index contributed by atoms with van der Waals surface area (Å²) in [6.07, 6.45) is -3.84. The molecule has 0 unspecified atom stereocenters. The van der Waals surface area contributed by atoms with Crippen LogP contribution in [-0.4, -0.2) is 35.7 Å². The Bertz CT molecular complexity index is 619. The minimum absolute atomic E-state index is 0.0596. The van der Waals surface area contributed by atoms with Crippen LogP contribution in [0.5, 0.6) is 0 Å². The molecule has 0 bridgehead atoms. The number of hydrogen-bond donors (Lipinski definition) is 2. The van der Waals surface area contributed by atoms with Crippen molar-refractivity contribution in [1.29, 1.82) is 0 Å². The first-order chi connectivity index (χ1) is 11.5. The number of ether oxygens (including phenoxy) is 1. The van der Waals surface area contributed by atoms with Gasteiger partial charge in [-0.05, 0) is 45.7 Å². The van der Waals surface area contributed by atoms with Gasteiger partial charge >= 0.3 is 12.3 Å². The summed E-state index contributed by atoms with van der Waals surface area (Å²) in [7, 11) is 0. The molecule has 1 saturated heterocycles. The predicted molar refractivity (Wildman–Crippen MR) is 90.3 cm³/mol. The molecule has 1 aromatic rings. The van der Waals surface area contributed by atoms with E-state index in [0.29, 0.717) is 25.9 Å². The fourth-order valence-corrected chi connectivity index (χ4v) is 2.70. The maximum absolute atomic E-state index is 13.1. The van der Waals surface area contributed by atoms with Gasteiger partial charge in [0.25, 0.3) is 0 Å². The minimum Gasteiger partial charge on any atom is -0.444 e. The lowest BCUT2D eigenvalue weighted by Gasteiger charge is -2.34. The number of carbonyl (C=O) groups excluding carboxylic acids is 1. The lowest BCUT2D eigenvalue weighted by molar-refractivity contribution is -0.136. The summed E-state index contributed by atoms with van der Waals surface area (Å²) in [5.41, 5.74) is 4.35. The SMILES string of the molecule is CC(C)(C)OC(=O)N1CCC(Nc2c(N)cccc2C(F)(F)F)CC1. The van der Waals surface area contributed by atoms with Gasteiger partial charge in [0, 0.05) is 19.1 Å². The van der Waals surface area contributed by atoms with Crippen LogP contribution < -0.4 is 11.1 Å². The molecule has 1 aliphatic heterocycles. The molecule has 0 aromatic heterocycles. The zero-order valence-corrected chi connectivity index (χ0v) is 14.6. The Balaban J connectivity index is 2.01. The first kappa shape index (κ1) is 19.2. The van der Waals surface area contributed by atoms with Crippen LogP contribution >= 0.6 is 0 Å². The molecule has 1 aliphatic rings. The van der Waals surface area contributed by atoms with Crippen molar-refractivity contribution in [2.45, 2.75) is 51.4 Å². The number of nitrogen functional groups attached to an aromatic ring is 1. The number of anilines is 2. The van der Waals surface area contributed by atoms with Gasteiger partial charge in [0.1, 0.15) is 5.60 Å². The molecular weight excluding hydrogens is 335 g/mol. The lowest BCUT2D eigenvalue weighted by Crippen LogP contribution is -2.44. The molecule has 0 aliphatic carbocycles. The highest BCUT2D eigenvalue weighted by Gasteiger charge is 2.35. The molecule has 0 radical (unpaired) electrons. The third-order valence-electron chi connectivity index (χ3n) is 3.90. The molecule has 1 fully saturated rings. The summed E-state index contributed by atoms with van der Waals surface area (Å²) in [5.74, 6) is 0. The predicted octanol–water partition coefficient (Wildman–Crippen LogP) is 4.10. The van der Waals surface area contributed by atoms with Gasteiger partial charge in [-0.2, -0.15) is 13.2 Å². The molecule has 2 rings (SSSR count). The summed E-state index contributed by atoms with van der Waals surface area (Å²) in [5, 5.41) is 2.91. The number of likely N-dealkylation sites (tertiary alicyclic amines) is 1. The molecule has 0 saturated carbocycles. The Labute approximate surface area is 145 Å². The molecule has 1 aromatic carbocycles. The highest BCUT2D eigenvalue weighted by molar-refractivity contribution is 5.71. The smallest absolute Gasteiger partial charge is 0.418 e. The van der Waals surface area contributed by atoms with Crippen molar-refractivity contribution >= 4 is 17.5 Å². The van der Waals surface area contributed by atoms with Crippen molar-refractivity contribution in [3.05, 3.63) is 23.8 Å². The van der Waals surface area contributed by atoms with Crippen LogP contribution in [-0.2, 0) is 10.9 Å². The number of alkyl halides is 3. The Hall–Kier alpha value is -2.12. The van der Waals surface area contributed by atoms with E-state index in [2.05, 4.69) is 5.32 Å². The van der Waals surface area contributed by atoms with E-state index in [0.717, 1.165) is 6.07 Å². The number of rotatable bonds is 2. The summed E-state index contributed by atoms with van der Waals surface area (Å²) >= 11 is 0. The van der Waals surface area contributed by atoms with Gasteiger partial charge in [0.15, 0.2) is 0 Å². The molecule has 1 heterocycles. The summed E-state index contributed by atoms with van der Waals surface area (Å²) in [6.45, 7) is 6.20. The monoisotopic (exact) mass is 359 g/mol. The maximum Gasteiger partial charge on any atom is 0.418 e. The van der Waals surface area contributed by atoms with Crippen molar-refractivity contribution < 1.29 is 22.7 Å². The highest BCUT2D eigenvalue weighted by atomic mass is 19.4. The molecule has 1 amide bonds. The van der Waals surface area contributed by atoms with Gasteiger partial charge in [-0.15, -0.1) is 0 Å². The number of benzene rings is 1. The van der Waals surface area contributed by atoms with Gasteiger partial charge < -0.3 is 20.7 Å². The number of hydrogen-bond acceptors (Lipinski definition) is 4. The average molecular weight is 359 g/mol. The Morgan fingerprint density at radius 2 is 1.84 bits per heavy atom. The van der Waals surface area contributed by atoms with Crippen molar-refractivity contribution in [3.8, 4) is 0 Å². The van der Waals surface area contributed by atoms with E-state index in [1.165, 1.54) is 12.1 Å². The quantitative estimate of drug-likeness (QED) is 0.780. The molecule has 0 spiro atoms. The third kappa shape index (κ3) is 5.17. The van der Waals surface area contributed by atoms with Gasteiger partial charge in [0.2, 0.25) is 0 Å². The van der Waals surface area contributed by atoms with Gasteiger partial charge in [-0.25, -0.2) is 4.79 Å². The van der Waals surface area contributed by atoms with E-state index >= 15 is 0 Å². The molecule has 5 nitrogen and oxygen atoms in total. The fourth-order valence-electron chi connectivity index (χ4n) is 2.70. The minimum atomic E-state index is -4.48. The van der Waals surface area contributed by atoms with Crippen LogP contribution in [0.25, 0.3) is 0 Å². The van der Waals surface area contributed by atoms with Crippen molar-refractivity contribution in [1.82, 2.24) is 4.90 Å². The fraction of sp³-hybridized carbons (Fsp3) is 0.588. The number of nitrogens with two attached hydrogens (primary N) is 1. The number of amides is 1. The van der Waals surface area contributed by atoms with E-state index in [9.17, 15) is 18.0 Å². The zero-order chi connectivity index (χ0) is 18.8. The second kappa shape index (κ2) is 7.01. The van der Waals surface area contributed by atoms with Crippen LogP contribution in [0.3, 0.4) is 0 Å². The highest BCUT2D eigenvalue weighted by Crippen LogP contribution is 2.38. The summed E-state index contributed by atoms with van der Waals surface area (Å²) in [6, 6.07) is 3.54. The lowest BCUT2D eigenvalue weighted by atomic mass is 10.0. The number of nitrogens with one attached hydrogen (secondary N) is 1. The van der Waals surface area contributed by atoms with Gasteiger partial charge in [-0.3, -0.25) is 0 Å². The van der Waals surface area contributed by atoms with Crippen molar-refractivity contribution in [2.75, 3.05) is 24.1 Å². The first-order valence-electron chi connectivity index (χ1n) is 8.17. The second-order valence-electron chi connectivity index (χ2n) is 7.15. The van der Waals surface area contributed by atoms with E-state index in [4.69, 9.17) is 10.5 Å². The van der Waals surface area contributed by atoms with E-state index in [1.54, 1.807) is 25.7 Å². The zero-order valence-electron chi connectivity index (χ0n) is 14.6. The van der Waals surface area contributed by atoms with Crippen LogP contribution in [0.4, 0.5) is 29.3 Å². The Kier molecular flexibility index (Phi) is 5.39. The molecule has 25 heavy (non-hydrogen) atoms. The number of halogens is 3. The first-order valence-corrected chi connectivity index (χ1v) is 8.17. The van der Waals surface area contributed by atoms with Crippen LogP contribution in [0, 0.1) is 0 Å². The number of carbonyl (C=O) groups is 1. The largest absolute Gasteiger partial charge is 0.444 e. The second-order valence-corrected chi connectivity index (χ2v) is 7.15. The standard InChI is InChI=1S/C17H24F3N3O2/c1-16(2,3)25-15(24)23-9-7-11(8-10-23)22-14-12(17(18,19)20)5-4-6-13(14)21/h4-6,11,22H,7-10,21H2,1-3H3. The van der Waals surface area contributed by atoms with E-state index in [1.807, 2.05) is 0 Å². The van der Waals surface area contributed by atoms with Gasteiger partial charge in [0.05, 0.1) is 16.9 Å². The van der Waals surface area contributed by atoms with E-state index < -0.39 is 23.4 Å². The normalized spacial score (nSPS) is 16.6. The molecule has 140 valence electrons. The molecule has 0 atom stereocenters. The van der Waals surface area contributed by atoms with Crippen LogP contribution in [0.2, 0.25) is 0 Å². The Morgan fingerprint density at radius 1 is 1.24 bits per heavy atom. The number of para-hydroxylation sites is 1. The van der Waals surface area contributed by atoms with Crippen LogP contribution in [0.1, 0.15) is 39.2 Å². The summed E-state index contributed by atoms with van der Waals surface area (Å²) < 4.78 is 44.7. The Morgan fingerprint density at radius 3 is 2.36 bits per heavy atom. The van der Waals surface area contributed by atoms with Gasteiger partial charge in [-0.1, -0.05) is 6.07 Å². The average Bonchev–Trinajstić information content (AvgIpc) is 2.47.